The molecule has 2 unspecified atom stereocenters. The average molecular weight is 211 g/mol. The van der Waals surface area contributed by atoms with Crippen molar-refractivity contribution in [3.8, 4) is 0 Å². The van der Waals surface area contributed by atoms with Crippen molar-refractivity contribution in [1.29, 1.82) is 0 Å². The van der Waals surface area contributed by atoms with Crippen LogP contribution in [0.5, 0.6) is 0 Å². The molecule has 0 bridgehead atoms. The zero-order chi connectivity index (χ0) is 10.3. The second kappa shape index (κ2) is 3.72. The first-order chi connectivity index (χ1) is 7.27. The van der Waals surface area contributed by atoms with Crippen molar-refractivity contribution < 1.29 is 9.47 Å². The van der Waals surface area contributed by atoms with Crippen LogP contribution < -0.4 is 5.32 Å². The van der Waals surface area contributed by atoms with Crippen molar-refractivity contribution in [3.63, 3.8) is 0 Å². The lowest BCUT2D eigenvalue weighted by molar-refractivity contribution is -0.179. The van der Waals surface area contributed by atoms with Gasteiger partial charge in [-0.2, -0.15) is 0 Å². The minimum Gasteiger partial charge on any atom is -0.348 e. The summed E-state index contributed by atoms with van der Waals surface area (Å²) < 4.78 is 11.4. The molecule has 0 aromatic carbocycles. The van der Waals surface area contributed by atoms with E-state index in [1.807, 2.05) is 0 Å². The van der Waals surface area contributed by atoms with Crippen LogP contribution in [0.25, 0.3) is 0 Å². The molecule has 2 atom stereocenters. The summed E-state index contributed by atoms with van der Waals surface area (Å²) in [5.74, 6) is 0.715. The third-order valence-corrected chi connectivity index (χ3v) is 4.12. The summed E-state index contributed by atoms with van der Waals surface area (Å²) in [6.07, 6.45) is 5.94. The predicted octanol–water partition coefficient (Wildman–Crippen LogP) is 1.67. The monoisotopic (exact) mass is 211 g/mol. The van der Waals surface area contributed by atoms with E-state index in [0.29, 0.717) is 6.04 Å². The fourth-order valence-corrected chi connectivity index (χ4v) is 2.87. The molecule has 2 aliphatic carbocycles. The average Bonchev–Trinajstić information content (AvgIpc) is 2.77. The lowest BCUT2D eigenvalue weighted by Gasteiger charge is -2.35. The van der Waals surface area contributed by atoms with Crippen LogP contribution >= 0.6 is 0 Å². The first-order valence-electron chi connectivity index (χ1n) is 6.31. The van der Waals surface area contributed by atoms with Gasteiger partial charge in [0.2, 0.25) is 0 Å². The molecule has 1 saturated heterocycles. The summed E-state index contributed by atoms with van der Waals surface area (Å²) in [5.41, 5.74) is 0. The number of ether oxygens (including phenoxy) is 2. The molecule has 3 nitrogen and oxygen atoms in total. The van der Waals surface area contributed by atoms with Crippen LogP contribution in [0.2, 0.25) is 0 Å². The molecule has 0 aromatic rings. The van der Waals surface area contributed by atoms with Crippen LogP contribution in [-0.2, 0) is 9.47 Å². The van der Waals surface area contributed by atoms with E-state index in [-0.39, 0.29) is 5.79 Å². The molecule has 15 heavy (non-hydrogen) atoms. The largest absolute Gasteiger partial charge is 0.348 e. The Labute approximate surface area is 91.5 Å². The molecule has 3 rings (SSSR count). The van der Waals surface area contributed by atoms with Crippen LogP contribution in [0.15, 0.2) is 0 Å². The van der Waals surface area contributed by atoms with Crippen molar-refractivity contribution in [2.45, 2.75) is 56.9 Å². The van der Waals surface area contributed by atoms with Gasteiger partial charge >= 0.3 is 0 Å². The van der Waals surface area contributed by atoms with Crippen LogP contribution in [-0.4, -0.2) is 31.1 Å². The first-order valence-corrected chi connectivity index (χ1v) is 6.31. The second-order valence-electron chi connectivity index (χ2n) is 5.37. The third kappa shape index (κ3) is 2.05. The SMILES string of the molecule is CC1CC1NC1CCC2(CC1)OCCO2. The molecule has 3 fully saturated rings. The van der Waals surface area contributed by atoms with E-state index < -0.39 is 0 Å². The summed E-state index contributed by atoms with van der Waals surface area (Å²) in [7, 11) is 0. The topological polar surface area (TPSA) is 30.5 Å². The molecule has 0 amide bonds. The van der Waals surface area contributed by atoms with Crippen molar-refractivity contribution in [3.05, 3.63) is 0 Å². The van der Waals surface area contributed by atoms with Gasteiger partial charge in [0.05, 0.1) is 13.2 Å². The van der Waals surface area contributed by atoms with Gasteiger partial charge in [-0.1, -0.05) is 6.92 Å². The highest BCUT2D eigenvalue weighted by Crippen LogP contribution is 2.37. The number of nitrogens with one attached hydrogen (secondary N) is 1. The van der Waals surface area contributed by atoms with Gasteiger partial charge in [-0.15, -0.1) is 0 Å². The maximum absolute atomic E-state index is 5.72. The summed E-state index contributed by atoms with van der Waals surface area (Å²) >= 11 is 0. The molecule has 2 saturated carbocycles. The van der Waals surface area contributed by atoms with Crippen LogP contribution in [0.3, 0.4) is 0 Å². The van der Waals surface area contributed by atoms with Crippen molar-refractivity contribution >= 4 is 0 Å². The lowest BCUT2D eigenvalue weighted by Crippen LogP contribution is -2.42. The van der Waals surface area contributed by atoms with Gasteiger partial charge < -0.3 is 14.8 Å². The summed E-state index contributed by atoms with van der Waals surface area (Å²) in [6.45, 7) is 3.90. The zero-order valence-electron chi connectivity index (χ0n) is 9.50. The first kappa shape index (κ1) is 10.1. The van der Waals surface area contributed by atoms with Crippen molar-refractivity contribution in [1.82, 2.24) is 5.32 Å². The van der Waals surface area contributed by atoms with Gasteiger partial charge in [-0.25, -0.2) is 0 Å². The lowest BCUT2D eigenvalue weighted by atomic mass is 9.90. The Balaban J connectivity index is 1.47. The fourth-order valence-electron chi connectivity index (χ4n) is 2.87. The normalized spacial score (nSPS) is 39.8. The molecule has 0 aromatic heterocycles. The third-order valence-electron chi connectivity index (χ3n) is 4.12. The van der Waals surface area contributed by atoms with Crippen molar-refractivity contribution in [2.24, 2.45) is 5.92 Å². The molecule has 1 N–H and O–H groups in total. The van der Waals surface area contributed by atoms with Gasteiger partial charge in [0.1, 0.15) is 0 Å². The van der Waals surface area contributed by atoms with Gasteiger partial charge in [-0.05, 0) is 25.2 Å². The summed E-state index contributed by atoms with van der Waals surface area (Å²) in [4.78, 5) is 0. The van der Waals surface area contributed by atoms with E-state index in [2.05, 4.69) is 12.2 Å². The van der Waals surface area contributed by atoms with E-state index in [0.717, 1.165) is 38.0 Å². The van der Waals surface area contributed by atoms with E-state index in [4.69, 9.17) is 9.47 Å². The molecule has 86 valence electrons. The van der Waals surface area contributed by atoms with E-state index >= 15 is 0 Å². The molecule has 0 radical (unpaired) electrons. The van der Waals surface area contributed by atoms with Crippen LogP contribution in [0.1, 0.15) is 39.0 Å². The van der Waals surface area contributed by atoms with Crippen molar-refractivity contribution in [2.75, 3.05) is 13.2 Å². The molecule has 1 heterocycles. The Morgan fingerprint density at radius 1 is 1.13 bits per heavy atom. The quantitative estimate of drug-likeness (QED) is 0.753. The van der Waals surface area contributed by atoms with Gasteiger partial charge in [0.15, 0.2) is 5.79 Å². The van der Waals surface area contributed by atoms with E-state index in [1.165, 1.54) is 19.3 Å². The minimum atomic E-state index is -0.187. The minimum absolute atomic E-state index is 0.187. The molecule has 3 aliphatic rings. The molecule has 3 heteroatoms. The highest BCUT2D eigenvalue weighted by molar-refractivity contribution is 4.94. The Morgan fingerprint density at radius 3 is 2.27 bits per heavy atom. The molecular weight excluding hydrogens is 190 g/mol. The highest BCUT2D eigenvalue weighted by Gasteiger charge is 2.42. The van der Waals surface area contributed by atoms with Gasteiger partial charge in [-0.3, -0.25) is 0 Å². The summed E-state index contributed by atoms with van der Waals surface area (Å²) in [5, 5.41) is 3.74. The number of rotatable bonds is 2. The van der Waals surface area contributed by atoms with Gasteiger partial charge in [0.25, 0.3) is 0 Å². The Hall–Kier alpha value is -0.120. The molecule has 1 aliphatic heterocycles. The maximum atomic E-state index is 5.72. The number of hydrogen-bond acceptors (Lipinski definition) is 3. The smallest absolute Gasteiger partial charge is 0.168 e. The second-order valence-corrected chi connectivity index (χ2v) is 5.37. The van der Waals surface area contributed by atoms with Crippen LogP contribution in [0.4, 0.5) is 0 Å². The molecular formula is C12H21NO2. The Bertz CT molecular complexity index is 228. The van der Waals surface area contributed by atoms with Crippen LogP contribution in [0, 0.1) is 5.92 Å². The Morgan fingerprint density at radius 2 is 1.73 bits per heavy atom. The fraction of sp³-hybridized carbons (Fsp3) is 1.00. The highest BCUT2D eigenvalue weighted by atomic mass is 16.7. The maximum Gasteiger partial charge on any atom is 0.168 e. The van der Waals surface area contributed by atoms with E-state index in [1.54, 1.807) is 0 Å². The standard InChI is InChI=1S/C12H21NO2/c1-9-8-11(9)13-10-2-4-12(5-3-10)14-6-7-15-12/h9-11,13H,2-8H2,1H3. The zero-order valence-corrected chi connectivity index (χ0v) is 9.50. The van der Waals surface area contributed by atoms with E-state index in [9.17, 15) is 0 Å². The number of hydrogen-bond donors (Lipinski definition) is 1. The Kier molecular flexibility index (Phi) is 2.49. The predicted molar refractivity (Wildman–Crippen MR) is 57.6 cm³/mol. The van der Waals surface area contributed by atoms with Gasteiger partial charge in [0, 0.05) is 24.9 Å². The molecule has 1 spiro atoms. The summed E-state index contributed by atoms with van der Waals surface area (Å²) in [6, 6.07) is 1.51.